The second-order valence-electron chi connectivity index (χ2n) is 22.6. The predicted molar refractivity (Wildman–Crippen MR) is 424 cm³/mol. The number of nitrogen functional groups attached to an aromatic ring is 1. The van der Waals surface area contributed by atoms with Crippen molar-refractivity contribution < 1.29 is 53.6 Å². The van der Waals surface area contributed by atoms with E-state index in [-0.39, 0.29) is 80.9 Å². The quantitative estimate of drug-likeness (QED) is 0.0549. The molecule has 8 N–H and O–H groups in total. The number of aryl methyl sites for hydroxylation is 2. The van der Waals surface area contributed by atoms with Gasteiger partial charge in [-0.2, -0.15) is 61.4 Å². The third-order valence-electron chi connectivity index (χ3n) is 15.2. The molecule has 0 spiro atoms. The lowest BCUT2D eigenvalue weighted by Gasteiger charge is -2.10. The summed E-state index contributed by atoms with van der Waals surface area (Å²) in [4.78, 5) is 78.5. The largest absolute Gasteiger partial charge is 0.507 e. The van der Waals surface area contributed by atoms with Gasteiger partial charge in [-0.1, -0.05) is 121 Å². The van der Waals surface area contributed by atoms with Gasteiger partial charge in [0, 0.05) is 64.5 Å². The van der Waals surface area contributed by atoms with Crippen LogP contribution in [0.4, 0.5) is 34.1 Å². The highest BCUT2D eigenvalue weighted by atomic mass is 16.5. The number of aromatic amines is 2. The number of aliphatic hydroxyl groups excluding tert-OH is 1. The lowest BCUT2D eigenvalue weighted by molar-refractivity contribution is -0.114. The number of aromatic nitrogens is 4. The molecule has 0 atom stereocenters. The molecule has 562 valence electrons. The van der Waals surface area contributed by atoms with Gasteiger partial charge < -0.3 is 40.3 Å². The molecule has 30 heteroatoms. The van der Waals surface area contributed by atoms with Crippen molar-refractivity contribution in [2.45, 2.75) is 13.8 Å². The van der Waals surface area contributed by atoms with Crippen LogP contribution in [0.15, 0.2) is 318 Å². The molecule has 0 saturated carbocycles. The highest BCUT2D eigenvalue weighted by molar-refractivity contribution is 6.24. The molecule has 15 rings (SSSR count). The second-order valence-corrected chi connectivity index (χ2v) is 22.6. The molecule has 4 heterocycles. The van der Waals surface area contributed by atoms with E-state index in [4.69, 9.17) is 20.0 Å². The number of dihydropyridines is 1. The van der Waals surface area contributed by atoms with E-state index in [0.717, 1.165) is 66.6 Å². The van der Waals surface area contributed by atoms with Gasteiger partial charge in [-0.3, -0.25) is 34.1 Å². The number of anilines is 1. The number of hydrogen-bond donors (Lipinski definition) is 7. The highest BCUT2D eigenvalue weighted by Crippen LogP contribution is 2.36. The Balaban J connectivity index is 0.000000174. The van der Waals surface area contributed by atoms with Crippen molar-refractivity contribution in [2.24, 2.45) is 66.4 Å². The van der Waals surface area contributed by atoms with Crippen molar-refractivity contribution in [1.29, 1.82) is 0 Å². The number of nitrogens with zero attached hydrogens (tertiary/aromatic N) is 15. The molecule has 2 aliphatic carbocycles. The number of azo groups is 6. The molecular weight excluding hydrogens is 1420 g/mol. The minimum Gasteiger partial charge on any atom is -0.507 e. The maximum atomic E-state index is 11.5. The first-order valence-electron chi connectivity index (χ1n) is 33.3. The molecule has 0 radical (unpaired) electrons. The first-order chi connectivity index (χ1) is 53.7. The number of nitrogens with two attached hydrogens (primary N) is 1. The summed E-state index contributed by atoms with van der Waals surface area (Å²) in [5.41, 5.74) is 14.7. The van der Waals surface area contributed by atoms with Gasteiger partial charge in [-0.25, -0.2) is 9.78 Å². The number of Topliss-reactive ketones (excluding diaryl/α,β-unsaturated/α-hetero) is 1. The second kappa shape index (κ2) is 42.7. The Morgan fingerprint density at radius 2 is 1.03 bits per heavy atom. The van der Waals surface area contributed by atoms with Crippen LogP contribution in [0.5, 0.6) is 23.0 Å². The van der Waals surface area contributed by atoms with Crippen LogP contribution in [0.1, 0.15) is 52.7 Å². The molecule has 3 aliphatic rings. The first-order valence-corrected chi connectivity index (χ1v) is 33.3. The normalized spacial score (nSPS) is 12.5. The number of carbonyl (C=O) groups is 5. The number of phenolic OH excluding ortho intramolecular Hbond substituents is 3. The number of H-pyrrole nitrogens is 2. The zero-order valence-corrected chi connectivity index (χ0v) is 61.6. The number of carbonyl (C=O) groups excluding carboxylic acids is 5. The number of imidazole rings is 1. The fourth-order valence-corrected chi connectivity index (χ4v) is 10.1. The summed E-state index contributed by atoms with van der Waals surface area (Å²) in [5.74, 6) is 0.0869. The fraction of sp³-hybridized carbons (Fsp3) is 0.123. The standard InChI is InChI=1S/C12H8N2O2.2C11H10N2O.C10H7NO2.C10H6O3.C8H10N2O.C8H10N2.C6H7N3O2.C5H8N4/c15-12-8(4-3-7-16-12)11-13-9-5-1-2-6-10(9)14-11;1-12-13-9-6-2-4-8-5-3-7-10(14)11(8)9;1-12-13-11-9-5-3-2-4-8(9)6-7-10(11)14;11-7-3-1-2-6-8(12)4-5-9(13)10(6)7;11-7-4-5-9(13)10-6(7)2-1-3-8(10)12;1-9-10-7-5-3-4-6-8(7)11-2;1-7-5-3-4-6-8(7)10-9-2;1-7-9-6-4(10)2-8-3-5(6)11;1-4-5(9-6-2)3-7-8-4/h1-7H,(H,13,14);2*2-7,14H,1H3;1-5H,11H2;1-5,12H;3-6H,1-2H3;3-6H,1-2H3;2,10H,3H2,1H3;3H,1-2H3,(H,7,8). The molecule has 0 unspecified atom stereocenters. The third kappa shape index (κ3) is 23.4. The Morgan fingerprint density at radius 3 is 1.66 bits per heavy atom. The Labute approximate surface area is 635 Å². The predicted octanol–water partition coefficient (Wildman–Crippen LogP) is 18.3. The van der Waals surface area contributed by atoms with E-state index in [2.05, 4.69) is 86.5 Å². The van der Waals surface area contributed by atoms with Crippen molar-refractivity contribution in [3.63, 3.8) is 0 Å². The van der Waals surface area contributed by atoms with Crippen molar-refractivity contribution in [3.8, 4) is 34.4 Å². The van der Waals surface area contributed by atoms with E-state index in [1.807, 2.05) is 147 Å². The van der Waals surface area contributed by atoms with Crippen LogP contribution in [0.2, 0.25) is 0 Å². The van der Waals surface area contributed by atoms with Crippen LogP contribution in [-0.4, -0.2) is 132 Å². The summed E-state index contributed by atoms with van der Waals surface area (Å²) in [7, 11) is 11.2. The number of benzene rings is 9. The van der Waals surface area contributed by atoms with Gasteiger partial charge in [0.2, 0.25) is 5.78 Å². The van der Waals surface area contributed by atoms with Crippen molar-refractivity contribution >= 4 is 102 Å². The summed E-state index contributed by atoms with van der Waals surface area (Å²) in [6, 6.07) is 58.0. The minimum atomic E-state index is -0.387. The minimum absolute atomic E-state index is 0.0116. The molecule has 0 fully saturated rings. The van der Waals surface area contributed by atoms with Crippen LogP contribution in [0.3, 0.4) is 0 Å². The number of nitrogens with one attached hydrogen (secondary N) is 2. The van der Waals surface area contributed by atoms with Crippen LogP contribution in [0, 0.1) is 13.8 Å². The van der Waals surface area contributed by atoms with Crippen LogP contribution in [0.25, 0.3) is 44.0 Å². The van der Waals surface area contributed by atoms with Gasteiger partial charge in [0.1, 0.15) is 58.0 Å². The van der Waals surface area contributed by atoms with Gasteiger partial charge in [0.25, 0.3) is 0 Å². The molecule has 3 aromatic heterocycles. The smallest absolute Gasteiger partial charge is 0.346 e. The van der Waals surface area contributed by atoms with Gasteiger partial charge >= 0.3 is 5.63 Å². The summed E-state index contributed by atoms with van der Waals surface area (Å²) < 4.78 is 9.84. The number of ketones is 5. The number of methoxy groups -OCH3 is 1. The Morgan fingerprint density at radius 1 is 0.486 bits per heavy atom. The molecule has 1 aliphatic heterocycles. The molecule has 12 aromatic rings. The number of para-hydroxylation sites is 3. The van der Waals surface area contributed by atoms with Gasteiger partial charge in [-0.15, -0.1) is 5.11 Å². The number of fused-ring (bicyclic) bond motifs is 5. The number of phenols is 3. The summed E-state index contributed by atoms with van der Waals surface area (Å²) >= 11 is 0. The SMILES string of the molecule is CN=NC1=C(O)C=NCC1=O.CN=Nc1c(O)ccc2ccccc12.CN=Nc1cccc2cccc(O)c12.CN=Nc1ccccc1C.CN=Nc1ccccc1OC.CN=Nc1cn[nH]c1C.Nc1cccc2c1C(=O)C=CC2=O.O=C1C=CC(=O)c2c(O)cccc21.O=c1occcc1-c1nc2ccccc2[nH]1. The molecular formula is C81H76N18O12. The monoisotopic (exact) mass is 1490 g/mol. The van der Waals surface area contributed by atoms with Gasteiger partial charge in [0.15, 0.2) is 34.6 Å². The number of aliphatic imine (C=N–C) groups is 1. The Kier molecular flexibility index (Phi) is 31.9. The average Bonchev–Trinajstić information content (AvgIpc) is 1.71. The Bertz CT molecular complexity index is 5550. The number of aliphatic hydroxyl groups is 1. The number of hydrogen-bond acceptors (Lipinski definition) is 28. The number of allylic oxidation sites excluding steroid dienone is 5. The van der Waals surface area contributed by atoms with Gasteiger partial charge in [-0.05, 0) is 127 Å². The topological polar surface area (TPSA) is 450 Å². The molecule has 0 bridgehead atoms. The molecule has 0 saturated heterocycles. The lowest BCUT2D eigenvalue weighted by Crippen LogP contribution is -2.13. The Hall–Kier alpha value is -15.2. The van der Waals surface area contributed by atoms with Gasteiger partial charge in [0.05, 0.1) is 70.4 Å². The zero-order valence-electron chi connectivity index (χ0n) is 61.6. The van der Waals surface area contributed by atoms with Crippen LogP contribution >= 0.6 is 0 Å². The first kappa shape index (κ1) is 83.0. The molecule has 30 nitrogen and oxygen atoms in total. The van der Waals surface area contributed by atoms with Crippen LogP contribution in [-0.2, 0) is 4.79 Å². The number of ether oxygens (including phenoxy) is 1. The van der Waals surface area contributed by atoms with E-state index >= 15 is 0 Å². The molecule has 111 heavy (non-hydrogen) atoms. The fourth-order valence-electron chi connectivity index (χ4n) is 10.1. The maximum Gasteiger partial charge on any atom is 0.346 e. The molecule has 0 amide bonds. The van der Waals surface area contributed by atoms with Crippen molar-refractivity contribution in [1.82, 2.24) is 20.2 Å². The summed E-state index contributed by atoms with van der Waals surface area (Å²) in [6.07, 6.45) is 9.10. The third-order valence-corrected chi connectivity index (χ3v) is 15.2. The van der Waals surface area contributed by atoms with Crippen molar-refractivity contribution in [3.05, 3.63) is 286 Å². The number of aromatic hydroxyl groups is 3. The highest BCUT2D eigenvalue weighted by Gasteiger charge is 2.23. The zero-order chi connectivity index (χ0) is 80.2. The van der Waals surface area contributed by atoms with E-state index in [1.165, 1.54) is 56.0 Å². The van der Waals surface area contributed by atoms with E-state index in [0.29, 0.717) is 39.6 Å². The maximum absolute atomic E-state index is 11.5. The summed E-state index contributed by atoms with van der Waals surface area (Å²) in [5, 5.41) is 92.5. The van der Waals surface area contributed by atoms with E-state index < -0.39 is 0 Å². The van der Waals surface area contributed by atoms with E-state index in [1.54, 1.807) is 97.1 Å². The van der Waals surface area contributed by atoms with E-state index in [9.17, 15) is 44.1 Å². The lowest BCUT2D eigenvalue weighted by atomic mass is 9.93. The van der Waals surface area contributed by atoms with Crippen molar-refractivity contribution in [2.75, 3.05) is 61.7 Å². The van der Waals surface area contributed by atoms with Crippen LogP contribution < -0.4 is 16.1 Å². The molecule has 9 aromatic carbocycles. The number of rotatable bonds is 8. The average molecular weight is 1490 g/mol. The summed E-state index contributed by atoms with van der Waals surface area (Å²) in [6.45, 7) is 3.96.